The Balaban J connectivity index is 2.32. The minimum Gasteiger partial charge on any atom is -0.475 e. The molecule has 2 rings (SSSR count). The lowest BCUT2D eigenvalue weighted by molar-refractivity contribution is 0.291. The molecule has 0 N–H and O–H groups in total. The normalized spacial score (nSPS) is 19.8. The molecule has 0 unspecified atom stereocenters. The third-order valence-electron chi connectivity index (χ3n) is 2.60. The van der Waals surface area contributed by atoms with Crippen molar-refractivity contribution in [2.75, 3.05) is 6.61 Å². The molecule has 0 radical (unpaired) electrons. The summed E-state index contributed by atoms with van der Waals surface area (Å²) < 4.78 is 31.7. The number of benzene rings is 1. The van der Waals surface area contributed by atoms with E-state index in [1.165, 1.54) is 0 Å². The van der Waals surface area contributed by atoms with E-state index in [0.29, 0.717) is 12.5 Å². The molecule has 0 aromatic heterocycles. The maximum atomic E-state index is 13.4. The Morgan fingerprint density at radius 3 is 2.75 bits per heavy atom. The first-order chi connectivity index (χ1) is 7.58. The van der Waals surface area contributed by atoms with Gasteiger partial charge in [0.1, 0.15) is 18.2 Å². The van der Waals surface area contributed by atoms with Gasteiger partial charge in [0.2, 0.25) is 5.90 Å². The maximum Gasteiger partial charge on any atom is 0.219 e. The van der Waals surface area contributed by atoms with Crippen molar-refractivity contribution in [3.05, 3.63) is 35.4 Å². The van der Waals surface area contributed by atoms with E-state index in [-0.39, 0.29) is 17.5 Å². The third kappa shape index (κ3) is 2.05. The standard InChI is InChI=1S/C12H13F2NO/c1-7(2)11-6-16-12(15-11)9-5-8(13)3-4-10(9)14/h3-5,7,11H,6H2,1-2H3/t11-/m1/s1. The lowest BCUT2D eigenvalue weighted by atomic mass is 10.1. The molecular weight excluding hydrogens is 212 g/mol. The molecule has 0 fully saturated rings. The molecule has 0 amide bonds. The van der Waals surface area contributed by atoms with Gasteiger partial charge in [0.15, 0.2) is 0 Å². The first-order valence-electron chi connectivity index (χ1n) is 5.24. The topological polar surface area (TPSA) is 21.6 Å². The Bertz CT molecular complexity index is 429. The quantitative estimate of drug-likeness (QED) is 0.758. The highest BCUT2D eigenvalue weighted by atomic mass is 19.1. The fourth-order valence-corrected chi connectivity index (χ4v) is 1.54. The lowest BCUT2D eigenvalue weighted by Crippen LogP contribution is -2.13. The number of hydrogen-bond donors (Lipinski definition) is 0. The molecule has 4 heteroatoms. The molecule has 0 aliphatic carbocycles. The van der Waals surface area contributed by atoms with Crippen molar-refractivity contribution < 1.29 is 13.5 Å². The zero-order chi connectivity index (χ0) is 11.7. The van der Waals surface area contributed by atoms with Gasteiger partial charge in [-0.15, -0.1) is 0 Å². The highest BCUT2D eigenvalue weighted by molar-refractivity contribution is 5.95. The Morgan fingerprint density at radius 2 is 2.12 bits per heavy atom. The highest BCUT2D eigenvalue weighted by Crippen LogP contribution is 2.19. The highest BCUT2D eigenvalue weighted by Gasteiger charge is 2.24. The van der Waals surface area contributed by atoms with Crippen LogP contribution in [0, 0.1) is 17.6 Å². The van der Waals surface area contributed by atoms with Crippen LogP contribution in [0.3, 0.4) is 0 Å². The fourth-order valence-electron chi connectivity index (χ4n) is 1.54. The molecule has 0 spiro atoms. The molecule has 1 aliphatic rings. The zero-order valence-electron chi connectivity index (χ0n) is 9.21. The Kier molecular flexibility index (Phi) is 2.90. The second kappa shape index (κ2) is 4.20. The summed E-state index contributed by atoms with van der Waals surface area (Å²) in [5, 5.41) is 0. The number of hydrogen-bond acceptors (Lipinski definition) is 2. The average Bonchev–Trinajstić information content (AvgIpc) is 2.70. The summed E-state index contributed by atoms with van der Waals surface area (Å²) >= 11 is 0. The zero-order valence-corrected chi connectivity index (χ0v) is 9.21. The van der Waals surface area contributed by atoms with Crippen molar-refractivity contribution in [3.8, 4) is 0 Å². The van der Waals surface area contributed by atoms with Crippen LogP contribution in [0.5, 0.6) is 0 Å². The number of rotatable bonds is 2. The summed E-state index contributed by atoms with van der Waals surface area (Å²) in [6, 6.07) is 3.29. The number of aliphatic imine (C=N–C) groups is 1. The molecule has 1 atom stereocenters. The number of halogens is 2. The molecule has 0 bridgehead atoms. The summed E-state index contributed by atoms with van der Waals surface area (Å²) in [4.78, 5) is 4.25. The van der Waals surface area contributed by atoms with Crippen LogP contribution in [0.1, 0.15) is 19.4 Å². The molecule has 16 heavy (non-hydrogen) atoms. The molecule has 86 valence electrons. The van der Waals surface area contributed by atoms with Crippen LogP contribution < -0.4 is 0 Å². The lowest BCUT2D eigenvalue weighted by Gasteiger charge is -2.06. The van der Waals surface area contributed by atoms with Gasteiger partial charge in [-0.05, 0) is 24.1 Å². The Hall–Kier alpha value is -1.45. The molecule has 1 aromatic rings. The van der Waals surface area contributed by atoms with E-state index in [1.807, 2.05) is 13.8 Å². The fraction of sp³-hybridized carbons (Fsp3) is 0.417. The van der Waals surface area contributed by atoms with Crippen LogP contribution in [-0.4, -0.2) is 18.5 Å². The predicted octanol–water partition coefficient (Wildman–Crippen LogP) is 2.77. The van der Waals surface area contributed by atoms with Gasteiger partial charge < -0.3 is 4.74 Å². The van der Waals surface area contributed by atoms with E-state index in [0.717, 1.165) is 18.2 Å². The van der Waals surface area contributed by atoms with Crippen molar-refractivity contribution in [1.82, 2.24) is 0 Å². The largest absolute Gasteiger partial charge is 0.475 e. The van der Waals surface area contributed by atoms with Crippen LogP contribution in [0.25, 0.3) is 0 Å². The number of nitrogens with zero attached hydrogens (tertiary/aromatic N) is 1. The van der Waals surface area contributed by atoms with Crippen molar-refractivity contribution >= 4 is 5.90 Å². The van der Waals surface area contributed by atoms with Crippen molar-refractivity contribution in [3.63, 3.8) is 0 Å². The van der Waals surface area contributed by atoms with Gasteiger partial charge in [0.05, 0.1) is 11.6 Å². The van der Waals surface area contributed by atoms with E-state index in [4.69, 9.17) is 4.74 Å². The van der Waals surface area contributed by atoms with Gasteiger partial charge in [-0.1, -0.05) is 13.8 Å². The van der Waals surface area contributed by atoms with Crippen LogP contribution in [0.15, 0.2) is 23.2 Å². The first-order valence-corrected chi connectivity index (χ1v) is 5.24. The van der Waals surface area contributed by atoms with Gasteiger partial charge in [0.25, 0.3) is 0 Å². The van der Waals surface area contributed by atoms with Crippen molar-refractivity contribution in [1.29, 1.82) is 0 Å². The third-order valence-corrected chi connectivity index (χ3v) is 2.60. The SMILES string of the molecule is CC(C)[C@H]1COC(c2cc(F)ccc2F)=N1. The van der Waals surface area contributed by atoms with Crippen molar-refractivity contribution in [2.45, 2.75) is 19.9 Å². The second-order valence-corrected chi connectivity index (χ2v) is 4.18. The Morgan fingerprint density at radius 1 is 1.38 bits per heavy atom. The van der Waals surface area contributed by atoms with Crippen molar-refractivity contribution in [2.24, 2.45) is 10.9 Å². The molecule has 1 aliphatic heterocycles. The molecule has 0 saturated carbocycles. The molecular formula is C12H13F2NO. The van der Waals surface area contributed by atoms with Gasteiger partial charge in [-0.3, -0.25) is 0 Å². The van der Waals surface area contributed by atoms with Gasteiger partial charge in [-0.25, -0.2) is 13.8 Å². The van der Waals surface area contributed by atoms with E-state index in [2.05, 4.69) is 4.99 Å². The first kappa shape index (κ1) is 11.0. The molecule has 1 aromatic carbocycles. The molecule has 2 nitrogen and oxygen atoms in total. The summed E-state index contributed by atoms with van der Waals surface area (Å²) in [5.74, 6) is -0.468. The van der Waals surface area contributed by atoms with E-state index in [9.17, 15) is 8.78 Å². The van der Waals surface area contributed by atoms with Crippen LogP contribution in [0.4, 0.5) is 8.78 Å². The summed E-state index contributed by atoms with van der Waals surface area (Å²) in [6.07, 6.45) is 0. The summed E-state index contributed by atoms with van der Waals surface area (Å²) in [7, 11) is 0. The molecule has 0 saturated heterocycles. The van der Waals surface area contributed by atoms with Crippen LogP contribution in [-0.2, 0) is 4.74 Å². The second-order valence-electron chi connectivity index (χ2n) is 4.18. The van der Waals surface area contributed by atoms with Crippen LogP contribution >= 0.6 is 0 Å². The molecule has 1 heterocycles. The van der Waals surface area contributed by atoms with E-state index < -0.39 is 11.6 Å². The van der Waals surface area contributed by atoms with E-state index in [1.54, 1.807) is 0 Å². The minimum absolute atomic E-state index is 0.0256. The van der Waals surface area contributed by atoms with Gasteiger partial charge in [-0.2, -0.15) is 0 Å². The smallest absolute Gasteiger partial charge is 0.219 e. The summed E-state index contributed by atoms with van der Waals surface area (Å²) in [5.41, 5.74) is 0.100. The predicted molar refractivity (Wildman–Crippen MR) is 57.5 cm³/mol. The van der Waals surface area contributed by atoms with Gasteiger partial charge >= 0.3 is 0 Å². The average molecular weight is 225 g/mol. The number of ether oxygens (including phenoxy) is 1. The maximum absolute atomic E-state index is 13.4. The van der Waals surface area contributed by atoms with Crippen LogP contribution in [0.2, 0.25) is 0 Å². The van der Waals surface area contributed by atoms with E-state index >= 15 is 0 Å². The monoisotopic (exact) mass is 225 g/mol. The minimum atomic E-state index is -0.510. The summed E-state index contributed by atoms with van der Waals surface area (Å²) in [6.45, 7) is 4.47. The van der Waals surface area contributed by atoms with Gasteiger partial charge in [0, 0.05) is 0 Å². The Labute approximate surface area is 93.0 Å².